The maximum atomic E-state index is 13.3. The average molecular weight is 413 g/mol. The molecule has 0 aliphatic carbocycles. The number of nitrogens with one attached hydrogen (secondary N) is 2. The molecule has 2 aromatic rings. The molecule has 0 radical (unpaired) electrons. The molecule has 1 unspecified atom stereocenters. The lowest BCUT2D eigenvalue weighted by Gasteiger charge is -2.37. The van der Waals surface area contributed by atoms with Crippen LogP contribution in [0.4, 0.5) is 10.1 Å². The number of hydrogen-bond donors (Lipinski definition) is 2. The Morgan fingerprint density at radius 1 is 1.31 bits per heavy atom. The Kier molecular flexibility index (Phi) is 6.83. The molecule has 2 N–H and O–H groups in total. The molecule has 1 aliphatic heterocycles. The number of benzene rings is 1. The minimum Gasteiger partial charge on any atom is -0.360 e. The molecule has 1 fully saturated rings. The van der Waals surface area contributed by atoms with Gasteiger partial charge in [-0.3, -0.25) is 4.90 Å². The van der Waals surface area contributed by atoms with Gasteiger partial charge in [-0.25, -0.2) is 4.39 Å². The second-order valence-electron chi connectivity index (χ2n) is 6.33. The van der Waals surface area contributed by atoms with E-state index in [1.54, 1.807) is 17.4 Å². The van der Waals surface area contributed by atoms with E-state index in [0.717, 1.165) is 26.2 Å². The van der Waals surface area contributed by atoms with Crippen molar-refractivity contribution in [2.75, 3.05) is 45.1 Å². The third kappa shape index (κ3) is 5.14. The minimum absolute atomic E-state index is 0.0756. The fourth-order valence-electron chi connectivity index (χ4n) is 2.96. The first-order valence-corrected chi connectivity index (χ1v) is 10.2. The van der Waals surface area contributed by atoms with Crippen molar-refractivity contribution in [3.05, 3.63) is 51.4 Å². The number of rotatable bonds is 5. The third-order valence-electron chi connectivity index (χ3n) is 4.48. The highest BCUT2D eigenvalue weighted by Gasteiger charge is 2.24. The van der Waals surface area contributed by atoms with Crippen LogP contribution in [0.5, 0.6) is 0 Å². The van der Waals surface area contributed by atoms with Crippen molar-refractivity contribution in [2.24, 2.45) is 0 Å². The van der Waals surface area contributed by atoms with Crippen LogP contribution < -0.4 is 10.6 Å². The summed E-state index contributed by atoms with van der Waals surface area (Å²) in [6, 6.07) is 9.01. The SMILES string of the molecule is CN1CCN(C(CNC(=S)Nc2ccc(F)c(Cl)c2)c2cccs2)CC1. The van der Waals surface area contributed by atoms with E-state index >= 15 is 0 Å². The van der Waals surface area contributed by atoms with Gasteiger partial charge in [-0.2, -0.15) is 0 Å². The molecule has 1 atom stereocenters. The van der Waals surface area contributed by atoms with Crippen LogP contribution in [-0.2, 0) is 0 Å². The number of piperazine rings is 1. The molecule has 1 aromatic carbocycles. The van der Waals surface area contributed by atoms with Crippen LogP contribution in [0.3, 0.4) is 0 Å². The molecule has 8 heteroatoms. The average Bonchev–Trinajstić information content (AvgIpc) is 3.14. The zero-order valence-corrected chi connectivity index (χ0v) is 16.9. The van der Waals surface area contributed by atoms with Gasteiger partial charge in [0, 0.05) is 43.3 Å². The number of thiocarbonyl (C=S) groups is 1. The summed E-state index contributed by atoms with van der Waals surface area (Å²) in [7, 11) is 2.16. The van der Waals surface area contributed by atoms with Crippen LogP contribution in [0, 0.1) is 5.82 Å². The first kappa shape index (κ1) is 19.5. The summed E-state index contributed by atoms with van der Waals surface area (Å²) in [4.78, 5) is 6.17. The highest BCUT2D eigenvalue weighted by Crippen LogP contribution is 2.25. The third-order valence-corrected chi connectivity index (χ3v) is 5.99. The Hall–Kier alpha value is -1.25. The second kappa shape index (κ2) is 9.10. The van der Waals surface area contributed by atoms with Crippen molar-refractivity contribution < 1.29 is 4.39 Å². The van der Waals surface area contributed by atoms with Gasteiger partial charge in [0.05, 0.1) is 11.1 Å². The van der Waals surface area contributed by atoms with Gasteiger partial charge in [0.2, 0.25) is 0 Å². The molecule has 140 valence electrons. The highest BCUT2D eigenvalue weighted by atomic mass is 35.5. The summed E-state index contributed by atoms with van der Waals surface area (Å²) in [5, 5.41) is 9.05. The van der Waals surface area contributed by atoms with Gasteiger partial charge in [-0.15, -0.1) is 11.3 Å². The van der Waals surface area contributed by atoms with Crippen molar-refractivity contribution in [2.45, 2.75) is 6.04 Å². The van der Waals surface area contributed by atoms with Crippen LogP contribution >= 0.6 is 35.2 Å². The molecule has 0 spiro atoms. The minimum atomic E-state index is -0.441. The van der Waals surface area contributed by atoms with Crippen LogP contribution in [0.15, 0.2) is 35.7 Å². The molecule has 26 heavy (non-hydrogen) atoms. The van der Waals surface area contributed by atoms with E-state index in [2.05, 4.69) is 45.0 Å². The zero-order chi connectivity index (χ0) is 18.5. The van der Waals surface area contributed by atoms with E-state index in [4.69, 9.17) is 23.8 Å². The maximum absolute atomic E-state index is 13.3. The molecule has 1 aromatic heterocycles. The lowest BCUT2D eigenvalue weighted by Crippen LogP contribution is -2.48. The Labute approximate surface area is 167 Å². The lowest BCUT2D eigenvalue weighted by atomic mass is 10.1. The van der Waals surface area contributed by atoms with E-state index in [-0.39, 0.29) is 11.1 Å². The van der Waals surface area contributed by atoms with Crippen molar-refractivity contribution in [3.8, 4) is 0 Å². The van der Waals surface area contributed by atoms with Crippen molar-refractivity contribution in [3.63, 3.8) is 0 Å². The van der Waals surface area contributed by atoms with Gasteiger partial charge in [0.15, 0.2) is 5.11 Å². The topological polar surface area (TPSA) is 30.5 Å². The quantitative estimate of drug-likeness (QED) is 0.729. The predicted octanol–water partition coefficient (Wildman–Crippen LogP) is 3.82. The van der Waals surface area contributed by atoms with Gasteiger partial charge in [0.1, 0.15) is 5.82 Å². The summed E-state index contributed by atoms with van der Waals surface area (Å²) >= 11 is 13.0. The standard InChI is InChI=1S/C18H22ClFN4S2/c1-23-6-8-24(9-7-23)16(17-3-2-10-26-17)12-21-18(25)22-13-4-5-15(20)14(19)11-13/h2-5,10-11,16H,6-9,12H2,1H3,(H2,21,22,25). The van der Waals surface area contributed by atoms with Crippen molar-refractivity contribution in [1.29, 1.82) is 0 Å². The van der Waals surface area contributed by atoms with Gasteiger partial charge >= 0.3 is 0 Å². The zero-order valence-electron chi connectivity index (χ0n) is 14.5. The Morgan fingerprint density at radius 3 is 2.73 bits per heavy atom. The molecule has 2 heterocycles. The molecular formula is C18H22ClFN4S2. The number of thiophene rings is 1. The van der Waals surface area contributed by atoms with Gasteiger partial charge in [0.25, 0.3) is 0 Å². The number of halogens is 2. The predicted molar refractivity (Wildman–Crippen MR) is 112 cm³/mol. The first-order chi connectivity index (χ1) is 12.5. The molecule has 1 aliphatic rings. The lowest BCUT2D eigenvalue weighted by molar-refractivity contribution is 0.114. The summed E-state index contributed by atoms with van der Waals surface area (Å²) < 4.78 is 13.3. The monoisotopic (exact) mass is 412 g/mol. The van der Waals surface area contributed by atoms with E-state index in [9.17, 15) is 4.39 Å². The first-order valence-electron chi connectivity index (χ1n) is 8.49. The summed E-state index contributed by atoms with van der Waals surface area (Å²) in [6.45, 7) is 4.92. The number of nitrogens with zero attached hydrogens (tertiary/aromatic N) is 2. The van der Waals surface area contributed by atoms with Crippen molar-refractivity contribution in [1.82, 2.24) is 15.1 Å². The summed E-state index contributed by atoms with van der Waals surface area (Å²) in [5.41, 5.74) is 0.668. The highest BCUT2D eigenvalue weighted by molar-refractivity contribution is 7.80. The molecule has 0 amide bonds. The molecular weight excluding hydrogens is 391 g/mol. The van der Waals surface area contributed by atoms with Crippen molar-refractivity contribution >= 4 is 46.0 Å². The molecule has 0 bridgehead atoms. The van der Waals surface area contributed by atoms with Crippen LogP contribution in [0.1, 0.15) is 10.9 Å². The van der Waals surface area contributed by atoms with E-state index in [1.165, 1.54) is 17.0 Å². The Balaban J connectivity index is 1.60. The Bertz CT molecular complexity index is 733. The molecule has 0 saturated carbocycles. The smallest absolute Gasteiger partial charge is 0.170 e. The number of anilines is 1. The summed E-state index contributed by atoms with van der Waals surface area (Å²) in [6.07, 6.45) is 0. The molecule has 4 nitrogen and oxygen atoms in total. The van der Waals surface area contributed by atoms with Gasteiger partial charge in [-0.1, -0.05) is 17.7 Å². The van der Waals surface area contributed by atoms with Crippen LogP contribution in [0.25, 0.3) is 0 Å². The van der Waals surface area contributed by atoms with E-state index in [1.807, 2.05) is 0 Å². The van der Waals surface area contributed by atoms with Gasteiger partial charge in [-0.05, 0) is 48.9 Å². The summed E-state index contributed by atoms with van der Waals surface area (Å²) in [5.74, 6) is -0.441. The fourth-order valence-corrected chi connectivity index (χ4v) is 4.21. The van der Waals surface area contributed by atoms with E-state index < -0.39 is 5.82 Å². The Morgan fingerprint density at radius 2 is 2.08 bits per heavy atom. The second-order valence-corrected chi connectivity index (χ2v) is 8.13. The maximum Gasteiger partial charge on any atom is 0.170 e. The molecule has 3 rings (SSSR count). The van der Waals surface area contributed by atoms with E-state index in [0.29, 0.717) is 17.3 Å². The normalized spacial score (nSPS) is 17.0. The van der Waals surface area contributed by atoms with Crippen LogP contribution in [0.2, 0.25) is 5.02 Å². The largest absolute Gasteiger partial charge is 0.360 e. The van der Waals surface area contributed by atoms with Crippen LogP contribution in [-0.4, -0.2) is 54.7 Å². The number of hydrogen-bond acceptors (Lipinski definition) is 4. The van der Waals surface area contributed by atoms with Gasteiger partial charge < -0.3 is 15.5 Å². The fraction of sp³-hybridized carbons (Fsp3) is 0.389. The number of likely N-dealkylation sites (N-methyl/N-ethyl adjacent to an activating group) is 1. The molecule has 1 saturated heterocycles.